The van der Waals surface area contributed by atoms with E-state index >= 15 is 0 Å². The van der Waals surface area contributed by atoms with Crippen LogP contribution in [0.3, 0.4) is 0 Å². The highest BCUT2D eigenvalue weighted by atomic mass is 16.5. The van der Waals surface area contributed by atoms with E-state index in [1.165, 1.54) is 5.56 Å². The van der Waals surface area contributed by atoms with Crippen LogP contribution < -0.4 is 4.74 Å². The molecule has 104 valence electrons. The van der Waals surface area contributed by atoms with E-state index < -0.39 is 0 Å². The van der Waals surface area contributed by atoms with Gasteiger partial charge in [0.25, 0.3) is 0 Å². The molecule has 0 fully saturated rings. The van der Waals surface area contributed by atoms with Gasteiger partial charge in [-0.05, 0) is 49.7 Å². The van der Waals surface area contributed by atoms with E-state index in [2.05, 4.69) is 23.8 Å². The summed E-state index contributed by atoms with van der Waals surface area (Å²) >= 11 is 0. The van der Waals surface area contributed by atoms with Gasteiger partial charge in [-0.25, -0.2) is 4.98 Å². The Balaban J connectivity index is 2.00. The van der Waals surface area contributed by atoms with Crippen LogP contribution in [-0.2, 0) is 0 Å². The van der Waals surface area contributed by atoms with Crippen molar-refractivity contribution in [3.63, 3.8) is 0 Å². The molecule has 0 unspecified atom stereocenters. The van der Waals surface area contributed by atoms with Crippen molar-refractivity contribution in [2.75, 3.05) is 0 Å². The molecule has 0 aliphatic rings. The third-order valence-corrected chi connectivity index (χ3v) is 3.34. The Morgan fingerprint density at radius 1 is 0.857 bits per heavy atom. The molecular formula is C18H16N2O. The molecule has 0 aliphatic heterocycles. The number of benzene rings is 1. The lowest BCUT2D eigenvalue weighted by molar-refractivity contribution is 0.465. The second kappa shape index (κ2) is 5.75. The molecule has 0 N–H and O–H groups in total. The van der Waals surface area contributed by atoms with Gasteiger partial charge in [-0.15, -0.1) is 0 Å². The van der Waals surface area contributed by atoms with Crippen LogP contribution in [0.4, 0.5) is 0 Å². The summed E-state index contributed by atoms with van der Waals surface area (Å²) in [5.41, 5.74) is 4.33. The maximum absolute atomic E-state index is 5.94. The molecule has 0 saturated heterocycles. The van der Waals surface area contributed by atoms with Gasteiger partial charge in [-0.3, -0.25) is 4.98 Å². The molecule has 2 aromatic heterocycles. The lowest BCUT2D eigenvalue weighted by Crippen LogP contribution is -1.93. The van der Waals surface area contributed by atoms with Crippen molar-refractivity contribution >= 4 is 0 Å². The van der Waals surface area contributed by atoms with Crippen LogP contribution in [0, 0.1) is 13.8 Å². The number of ether oxygens (including phenoxy) is 1. The second-order valence-corrected chi connectivity index (χ2v) is 4.96. The predicted molar refractivity (Wildman–Crippen MR) is 83.5 cm³/mol. The lowest BCUT2D eigenvalue weighted by atomic mass is 10.0. The lowest BCUT2D eigenvalue weighted by Gasteiger charge is -2.11. The first kappa shape index (κ1) is 13.3. The summed E-state index contributed by atoms with van der Waals surface area (Å²) in [6.07, 6.45) is 5.36. The Labute approximate surface area is 124 Å². The molecule has 0 saturated carbocycles. The van der Waals surface area contributed by atoms with Crippen LogP contribution in [0.1, 0.15) is 11.1 Å². The first-order valence-electron chi connectivity index (χ1n) is 6.84. The van der Waals surface area contributed by atoms with Gasteiger partial charge >= 0.3 is 0 Å². The van der Waals surface area contributed by atoms with Crippen molar-refractivity contribution in [2.24, 2.45) is 0 Å². The zero-order valence-corrected chi connectivity index (χ0v) is 12.1. The summed E-state index contributed by atoms with van der Waals surface area (Å²) in [6.45, 7) is 4.11. The second-order valence-electron chi connectivity index (χ2n) is 4.96. The van der Waals surface area contributed by atoms with Gasteiger partial charge in [-0.1, -0.05) is 17.7 Å². The quantitative estimate of drug-likeness (QED) is 0.703. The average molecular weight is 276 g/mol. The van der Waals surface area contributed by atoms with Crippen LogP contribution in [0.25, 0.3) is 11.1 Å². The molecule has 3 heteroatoms. The summed E-state index contributed by atoms with van der Waals surface area (Å²) in [5, 5.41) is 0. The van der Waals surface area contributed by atoms with Gasteiger partial charge in [0.2, 0.25) is 5.88 Å². The van der Waals surface area contributed by atoms with Gasteiger partial charge in [0.15, 0.2) is 0 Å². The summed E-state index contributed by atoms with van der Waals surface area (Å²) in [5.74, 6) is 1.37. The fourth-order valence-corrected chi connectivity index (χ4v) is 2.14. The topological polar surface area (TPSA) is 35.0 Å². The van der Waals surface area contributed by atoms with Crippen LogP contribution in [0.15, 0.2) is 61.1 Å². The molecule has 3 aromatic rings. The molecule has 0 radical (unpaired) electrons. The standard InChI is InChI=1S/C18H16N2O/c1-13-5-7-15(8-6-13)21-18-16(4-3-10-20-18)17-12-19-11-9-14(17)2/h3-12H,1-2H3. The highest BCUT2D eigenvalue weighted by molar-refractivity contribution is 5.70. The average Bonchev–Trinajstić information content (AvgIpc) is 2.51. The molecule has 21 heavy (non-hydrogen) atoms. The summed E-state index contributed by atoms with van der Waals surface area (Å²) in [7, 11) is 0. The summed E-state index contributed by atoms with van der Waals surface area (Å²) in [6, 6.07) is 13.8. The van der Waals surface area contributed by atoms with Crippen LogP contribution >= 0.6 is 0 Å². The Kier molecular flexibility index (Phi) is 3.65. The van der Waals surface area contributed by atoms with Gasteiger partial charge in [-0.2, -0.15) is 0 Å². The molecule has 0 atom stereocenters. The number of hydrogen-bond acceptors (Lipinski definition) is 3. The monoisotopic (exact) mass is 276 g/mol. The number of nitrogens with zero attached hydrogens (tertiary/aromatic N) is 2. The molecule has 3 rings (SSSR count). The molecule has 1 aromatic carbocycles. The molecule has 0 amide bonds. The maximum Gasteiger partial charge on any atom is 0.227 e. The first-order valence-corrected chi connectivity index (χ1v) is 6.84. The molecular weight excluding hydrogens is 260 g/mol. The number of aryl methyl sites for hydroxylation is 2. The fourth-order valence-electron chi connectivity index (χ4n) is 2.14. The summed E-state index contributed by atoms with van der Waals surface area (Å²) < 4.78 is 5.94. The normalized spacial score (nSPS) is 10.4. The molecule has 0 aliphatic carbocycles. The Morgan fingerprint density at radius 2 is 1.67 bits per heavy atom. The number of pyridine rings is 2. The number of rotatable bonds is 3. The SMILES string of the molecule is Cc1ccc(Oc2ncccc2-c2cnccc2C)cc1. The zero-order valence-electron chi connectivity index (χ0n) is 12.1. The predicted octanol–water partition coefficient (Wildman–Crippen LogP) is 4.55. The van der Waals surface area contributed by atoms with E-state index in [1.807, 2.05) is 48.7 Å². The first-order chi connectivity index (χ1) is 10.2. The van der Waals surface area contributed by atoms with Crippen LogP contribution in [0.5, 0.6) is 11.6 Å². The Bertz CT molecular complexity index is 751. The smallest absolute Gasteiger partial charge is 0.227 e. The number of hydrogen-bond donors (Lipinski definition) is 0. The zero-order chi connectivity index (χ0) is 14.7. The van der Waals surface area contributed by atoms with Crippen molar-refractivity contribution in [3.05, 3.63) is 72.2 Å². The molecule has 3 nitrogen and oxygen atoms in total. The third kappa shape index (κ3) is 2.92. The van der Waals surface area contributed by atoms with Gasteiger partial charge in [0.05, 0.1) is 0 Å². The van der Waals surface area contributed by atoms with E-state index in [4.69, 9.17) is 4.74 Å². The van der Waals surface area contributed by atoms with Gasteiger partial charge < -0.3 is 4.74 Å². The molecule has 0 bridgehead atoms. The molecule has 2 heterocycles. The van der Waals surface area contributed by atoms with Crippen molar-refractivity contribution in [1.29, 1.82) is 0 Å². The largest absolute Gasteiger partial charge is 0.438 e. The highest BCUT2D eigenvalue weighted by Gasteiger charge is 2.10. The van der Waals surface area contributed by atoms with Crippen molar-refractivity contribution in [3.8, 4) is 22.8 Å². The van der Waals surface area contributed by atoms with Crippen LogP contribution in [-0.4, -0.2) is 9.97 Å². The van der Waals surface area contributed by atoms with E-state index in [-0.39, 0.29) is 0 Å². The van der Waals surface area contributed by atoms with E-state index in [9.17, 15) is 0 Å². The van der Waals surface area contributed by atoms with Crippen molar-refractivity contribution in [1.82, 2.24) is 9.97 Å². The van der Waals surface area contributed by atoms with Gasteiger partial charge in [0.1, 0.15) is 5.75 Å². The van der Waals surface area contributed by atoms with E-state index in [0.29, 0.717) is 5.88 Å². The van der Waals surface area contributed by atoms with Crippen molar-refractivity contribution < 1.29 is 4.74 Å². The minimum atomic E-state index is 0.595. The maximum atomic E-state index is 5.94. The fraction of sp³-hybridized carbons (Fsp3) is 0.111. The summed E-state index contributed by atoms with van der Waals surface area (Å²) in [4.78, 5) is 8.56. The Hall–Kier alpha value is -2.68. The van der Waals surface area contributed by atoms with E-state index in [1.54, 1.807) is 12.4 Å². The van der Waals surface area contributed by atoms with Crippen molar-refractivity contribution in [2.45, 2.75) is 13.8 Å². The minimum absolute atomic E-state index is 0.595. The van der Waals surface area contributed by atoms with E-state index in [0.717, 1.165) is 22.4 Å². The third-order valence-electron chi connectivity index (χ3n) is 3.34. The van der Waals surface area contributed by atoms with Crippen LogP contribution in [0.2, 0.25) is 0 Å². The molecule has 0 spiro atoms. The van der Waals surface area contributed by atoms with Gasteiger partial charge in [0, 0.05) is 29.7 Å². The Morgan fingerprint density at radius 3 is 2.43 bits per heavy atom. The number of aromatic nitrogens is 2. The highest BCUT2D eigenvalue weighted by Crippen LogP contribution is 2.32. The minimum Gasteiger partial charge on any atom is -0.438 e.